The molecule has 2 rings (SSSR count). The molecule has 5 heteroatoms. The largest absolute Gasteiger partial charge is 0.380 e. The summed E-state index contributed by atoms with van der Waals surface area (Å²) in [6.07, 6.45) is 0. The van der Waals surface area contributed by atoms with Crippen LogP contribution in [-0.4, -0.2) is 0 Å². The summed E-state index contributed by atoms with van der Waals surface area (Å²) in [6.45, 7) is 0.613. The molecule has 0 bridgehead atoms. The molecule has 0 spiro atoms. The lowest BCUT2D eigenvalue weighted by Crippen LogP contribution is -1.99. The molecule has 0 amide bonds. The highest BCUT2D eigenvalue weighted by molar-refractivity contribution is 9.10. The lowest BCUT2D eigenvalue weighted by molar-refractivity contribution is 1.15. The summed E-state index contributed by atoms with van der Waals surface area (Å²) in [7, 11) is 0. The fourth-order valence-corrected chi connectivity index (χ4v) is 2.85. The first-order valence-electron chi connectivity index (χ1n) is 5.18. The van der Waals surface area contributed by atoms with Crippen molar-refractivity contribution in [2.24, 2.45) is 0 Å². The van der Waals surface area contributed by atoms with Crippen molar-refractivity contribution in [3.8, 4) is 0 Å². The Morgan fingerprint density at radius 2 is 1.61 bits per heavy atom. The molecule has 0 saturated carbocycles. The molecule has 1 nitrogen and oxygen atoms in total. The van der Waals surface area contributed by atoms with Crippen LogP contribution >= 0.6 is 50.7 Å². The van der Waals surface area contributed by atoms with Crippen LogP contribution in [0.3, 0.4) is 0 Å². The van der Waals surface area contributed by atoms with Gasteiger partial charge in [-0.3, -0.25) is 0 Å². The molecule has 0 heterocycles. The van der Waals surface area contributed by atoms with Crippen LogP contribution < -0.4 is 5.32 Å². The van der Waals surface area contributed by atoms with Gasteiger partial charge in [-0.25, -0.2) is 0 Å². The minimum atomic E-state index is 0.613. The van der Waals surface area contributed by atoms with E-state index in [-0.39, 0.29) is 0 Å². The number of hydrogen-bond donors (Lipinski definition) is 1. The van der Waals surface area contributed by atoms with Gasteiger partial charge in [0.25, 0.3) is 0 Å². The van der Waals surface area contributed by atoms with E-state index >= 15 is 0 Å². The van der Waals surface area contributed by atoms with E-state index < -0.39 is 0 Å². The van der Waals surface area contributed by atoms with Crippen LogP contribution in [0.25, 0.3) is 0 Å². The second-order valence-electron chi connectivity index (χ2n) is 3.76. The third-order valence-electron chi connectivity index (χ3n) is 2.34. The van der Waals surface area contributed by atoms with E-state index in [1.54, 1.807) is 6.07 Å². The highest BCUT2D eigenvalue weighted by Crippen LogP contribution is 2.26. The van der Waals surface area contributed by atoms with Gasteiger partial charge in [0.05, 0.1) is 10.7 Å². The molecule has 0 fully saturated rings. The average molecular weight is 365 g/mol. The third-order valence-corrected chi connectivity index (χ3v) is 3.58. The van der Waals surface area contributed by atoms with Crippen molar-refractivity contribution in [1.29, 1.82) is 0 Å². The maximum atomic E-state index is 6.11. The molecule has 0 aliphatic rings. The number of nitrogens with one attached hydrogen (secondary N) is 1. The van der Waals surface area contributed by atoms with Crippen molar-refractivity contribution in [3.63, 3.8) is 0 Å². The summed E-state index contributed by atoms with van der Waals surface area (Å²) in [5.74, 6) is 0. The maximum Gasteiger partial charge on any atom is 0.0648 e. The van der Waals surface area contributed by atoms with Gasteiger partial charge in [-0.15, -0.1) is 0 Å². The lowest BCUT2D eigenvalue weighted by atomic mass is 10.2. The molecule has 0 aliphatic heterocycles. The molecule has 0 saturated heterocycles. The highest BCUT2D eigenvalue weighted by Gasteiger charge is 2.02. The van der Waals surface area contributed by atoms with E-state index in [0.717, 1.165) is 15.7 Å². The van der Waals surface area contributed by atoms with Gasteiger partial charge in [0.15, 0.2) is 0 Å². The van der Waals surface area contributed by atoms with Crippen molar-refractivity contribution in [2.75, 3.05) is 5.32 Å². The summed E-state index contributed by atoms with van der Waals surface area (Å²) in [4.78, 5) is 0. The number of hydrogen-bond acceptors (Lipinski definition) is 1. The summed E-state index contributed by atoms with van der Waals surface area (Å²) >= 11 is 21.4. The molecular weight excluding hydrogens is 356 g/mol. The molecule has 0 aromatic heterocycles. The number of benzene rings is 2. The zero-order chi connectivity index (χ0) is 13.1. The molecule has 1 N–H and O–H groups in total. The number of halogens is 4. The van der Waals surface area contributed by atoms with Gasteiger partial charge in [0.1, 0.15) is 0 Å². The van der Waals surface area contributed by atoms with E-state index in [1.807, 2.05) is 30.3 Å². The molecule has 0 radical (unpaired) electrons. The predicted molar refractivity (Wildman–Crippen MR) is 82.9 cm³/mol. The van der Waals surface area contributed by atoms with Gasteiger partial charge in [-0.1, -0.05) is 50.7 Å². The van der Waals surface area contributed by atoms with Gasteiger partial charge < -0.3 is 5.32 Å². The first-order valence-corrected chi connectivity index (χ1v) is 7.11. The van der Waals surface area contributed by atoms with Crippen molar-refractivity contribution in [1.82, 2.24) is 0 Å². The fraction of sp³-hybridized carbons (Fsp3) is 0.0769. The normalized spacial score (nSPS) is 10.4. The van der Waals surface area contributed by atoms with Gasteiger partial charge in [-0.2, -0.15) is 0 Å². The Labute approximate surface area is 129 Å². The van der Waals surface area contributed by atoms with E-state index in [1.165, 1.54) is 0 Å². The Hall–Kier alpha value is -0.410. The summed E-state index contributed by atoms with van der Waals surface area (Å²) in [6, 6.07) is 11.1. The SMILES string of the molecule is Clc1cc(Cl)cc(CNc2ccc(Br)cc2Cl)c1. The molecular formula is C13H9BrCl3N. The molecule has 2 aromatic carbocycles. The molecule has 94 valence electrons. The second-order valence-corrected chi connectivity index (χ2v) is 5.95. The van der Waals surface area contributed by atoms with E-state index in [0.29, 0.717) is 21.6 Å². The third kappa shape index (κ3) is 3.79. The van der Waals surface area contributed by atoms with E-state index in [4.69, 9.17) is 34.8 Å². The standard InChI is InChI=1S/C13H9BrCl3N/c14-9-1-2-13(12(17)5-9)18-7-8-3-10(15)6-11(16)4-8/h1-6,18H,7H2. The van der Waals surface area contributed by atoms with E-state index in [9.17, 15) is 0 Å². The molecule has 0 aliphatic carbocycles. The minimum absolute atomic E-state index is 0.613. The van der Waals surface area contributed by atoms with Gasteiger partial charge in [0, 0.05) is 21.1 Å². The predicted octanol–water partition coefficient (Wildman–Crippen LogP) is 6.02. The first-order chi connectivity index (χ1) is 8.54. The van der Waals surface area contributed by atoms with Crippen LogP contribution in [0.5, 0.6) is 0 Å². The zero-order valence-electron chi connectivity index (χ0n) is 9.18. The van der Waals surface area contributed by atoms with Crippen LogP contribution in [0.4, 0.5) is 5.69 Å². The Bertz CT molecular complexity index is 552. The smallest absolute Gasteiger partial charge is 0.0648 e. The monoisotopic (exact) mass is 363 g/mol. The average Bonchev–Trinajstić information content (AvgIpc) is 2.26. The van der Waals surface area contributed by atoms with Gasteiger partial charge in [0.2, 0.25) is 0 Å². The second kappa shape index (κ2) is 6.16. The van der Waals surface area contributed by atoms with E-state index in [2.05, 4.69) is 21.2 Å². The lowest BCUT2D eigenvalue weighted by Gasteiger charge is -2.09. The number of rotatable bonds is 3. The van der Waals surface area contributed by atoms with Crippen LogP contribution in [0.1, 0.15) is 5.56 Å². The summed E-state index contributed by atoms with van der Waals surface area (Å²) in [5, 5.41) is 5.16. The van der Waals surface area contributed by atoms with Crippen molar-refractivity contribution < 1.29 is 0 Å². The minimum Gasteiger partial charge on any atom is -0.380 e. The molecule has 2 aromatic rings. The number of anilines is 1. The Balaban J connectivity index is 2.11. The Morgan fingerprint density at radius 3 is 2.22 bits per heavy atom. The van der Waals surface area contributed by atoms with Crippen LogP contribution in [0.15, 0.2) is 40.9 Å². The van der Waals surface area contributed by atoms with Crippen molar-refractivity contribution in [3.05, 3.63) is 61.5 Å². The maximum absolute atomic E-state index is 6.11. The topological polar surface area (TPSA) is 12.0 Å². The molecule has 18 heavy (non-hydrogen) atoms. The van der Waals surface area contributed by atoms with Crippen LogP contribution in [0, 0.1) is 0 Å². The van der Waals surface area contributed by atoms with Crippen molar-refractivity contribution >= 4 is 56.4 Å². The Morgan fingerprint density at radius 1 is 0.944 bits per heavy atom. The molecule has 0 atom stereocenters. The highest BCUT2D eigenvalue weighted by atomic mass is 79.9. The summed E-state index contributed by atoms with van der Waals surface area (Å²) in [5.41, 5.74) is 1.88. The first kappa shape index (κ1) is 14.0. The zero-order valence-corrected chi connectivity index (χ0v) is 13.0. The van der Waals surface area contributed by atoms with Gasteiger partial charge in [-0.05, 0) is 42.0 Å². The van der Waals surface area contributed by atoms with Crippen molar-refractivity contribution in [2.45, 2.75) is 6.54 Å². The summed E-state index contributed by atoms with van der Waals surface area (Å²) < 4.78 is 0.948. The molecule has 0 unspecified atom stereocenters. The van der Waals surface area contributed by atoms with Gasteiger partial charge >= 0.3 is 0 Å². The quantitative estimate of drug-likeness (QED) is 0.701. The van der Waals surface area contributed by atoms with Crippen LogP contribution in [0.2, 0.25) is 15.1 Å². The Kier molecular flexibility index (Phi) is 4.79. The fourth-order valence-electron chi connectivity index (χ4n) is 1.54. The van der Waals surface area contributed by atoms with Crippen LogP contribution in [-0.2, 0) is 6.54 Å².